The summed E-state index contributed by atoms with van der Waals surface area (Å²) < 4.78 is 10.4. The number of carboxylic acid groups (broad SMARTS) is 1. The lowest BCUT2D eigenvalue weighted by Gasteiger charge is -2.05. The number of benzene rings is 1. The summed E-state index contributed by atoms with van der Waals surface area (Å²) in [6.45, 7) is 2.85. The minimum Gasteiger partial charge on any atom is -0.497 e. The van der Waals surface area contributed by atoms with Crippen LogP contribution in [0.5, 0.6) is 5.75 Å². The molecule has 0 saturated heterocycles. The zero-order chi connectivity index (χ0) is 14.5. The van der Waals surface area contributed by atoms with Gasteiger partial charge >= 0.3 is 5.97 Å². The molecule has 0 fully saturated rings. The number of aryl methyl sites for hydroxylation is 1. The third-order valence-electron chi connectivity index (χ3n) is 2.93. The molecule has 0 radical (unpaired) electrons. The fraction of sp³-hybridized carbons (Fsp3) is 0.267. The molecule has 1 heterocycles. The molecule has 0 aliphatic carbocycles. The van der Waals surface area contributed by atoms with E-state index in [1.54, 1.807) is 20.1 Å². The molecular formula is C15H17NO4. The Labute approximate surface area is 117 Å². The van der Waals surface area contributed by atoms with Crippen molar-refractivity contribution in [1.29, 1.82) is 0 Å². The van der Waals surface area contributed by atoms with E-state index in [4.69, 9.17) is 14.3 Å². The van der Waals surface area contributed by atoms with Gasteiger partial charge in [0.15, 0.2) is 0 Å². The van der Waals surface area contributed by atoms with E-state index in [1.807, 2.05) is 24.3 Å². The van der Waals surface area contributed by atoms with Crippen LogP contribution in [0.3, 0.4) is 0 Å². The smallest absolute Gasteiger partial charge is 0.372 e. The van der Waals surface area contributed by atoms with Crippen molar-refractivity contribution in [2.45, 2.75) is 20.0 Å². The highest BCUT2D eigenvalue weighted by Gasteiger charge is 2.13. The standard InChI is InChI=1S/C15H17NO4/c1-10-6-13(20-14(10)15(17)18)9-16-8-11-4-3-5-12(7-11)19-2/h3-7,16H,8-9H2,1-2H3,(H,17,18). The molecule has 106 valence electrons. The maximum absolute atomic E-state index is 10.9. The van der Waals surface area contributed by atoms with E-state index < -0.39 is 5.97 Å². The minimum absolute atomic E-state index is 0.00294. The number of ether oxygens (including phenoxy) is 1. The van der Waals surface area contributed by atoms with Crippen molar-refractivity contribution < 1.29 is 19.1 Å². The maximum Gasteiger partial charge on any atom is 0.372 e. The lowest BCUT2D eigenvalue weighted by Crippen LogP contribution is -2.12. The zero-order valence-electron chi connectivity index (χ0n) is 11.5. The number of rotatable bonds is 6. The third kappa shape index (κ3) is 3.39. The van der Waals surface area contributed by atoms with Gasteiger partial charge in [0.1, 0.15) is 11.5 Å². The SMILES string of the molecule is COc1cccc(CNCc2cc(C)c(C(=O)O)o2)c1. The molecule has 0 aliphatic heterocycles. The van der Waals surface area contributed by atoms with Gasteiger partial charge in [-0.25, -0.2) is 4.79 Å². The van der Waals surface area contributed by atoms with Gasteiger partial charge in [-0.3, -0.25) is 0 Å². The van der Waals surface area contributed by atoms with Gasteiger partial charge in [-0.15, -0.1) is 0 Å². The summed E-state index contributed by atoms with van der Waals surface area (Å²) in [5.74, 6) is 0.388. The van der Waals surface area contributed by atoms with Crippen LogP contribution in [-0.2, 0) is 13.1 Å². The Bertz CT molecular complexity index is 604. The fourth-order valence-electron chi connectivity index (χ4n) is 1.96. The van der Waals surface area contributed by atoms with Gasteiger partial charge in [0.05, 0.1) is 13.7 Å². The van der Waals surface area contributed by atoms with E-state index >= 15 is 0 Å². The van der Waals surface area contributed by atoms with Gasteiger partial charge in [0, 0.05) is 12.1 Å². The highest BCUT2D eigenvalue weighted by Crippen LogP contribution is 2.15. The van der Waals surface area contributed by atoms with Crippen molar-refractivity contribution in [3.8, 4) is 5.75 Å². The average molecular weight is 275 g/mol. The normalized spacial score (nSPS) is 10.5. The second kappa shape index (κ2) is 6.25. The predicted molar refractivity (Wildman–Crippen MR) is 73.9 cm³/mol. The van der Waals surface area contributed by atoms with Gasteiger partial charge < -0.3 is 19.6 Å². The number of hydrogen-bond acceptors (Lipinski definition) is 4. The molecule has 1 aromatic heterocycles. The molecule has 5 heteroatoms. The topological polar surface area (TPSA) is 71.7 Å². The maximum atomic E-state index is 10.9. The second-order valence-corrected chi connectivity index (χ2v) is 4.49. The Morgan fingerprint density at radius 1 is 1.35 bits per heavy atom. The monoisotopic (exact) mass is 275 g/mol. The van der Waals surface area contributed by atoms with E-state index in [1.165, 1.54) is 0 Å². The molecule has 5 nitrogen and oxygen atoms in total. The highest BCUT2D eigenvalue weighted by molar-refractivity contribution is 5.86. The minimum atomic E-state index is -1.04. The summed E-state index contributed by atoms with van der Waals surface area (Å²) in [6, 6.07) is 9.49. The number of aromatic carboxylic acids is 1. The van der Waals surface area contributed by atoms with E-state index in [0.717, 1.165) is 11.3 Å². The van der Waals surface area contributed by atoms with Crippen LogP contribution in [0.2, 0.25) is 0 Å². The second-order valence-electron chi connectivity index (χ2n) is 4.49. The van der Waals surface area contributed by atoms with Crippen molar-refractivity contribution in [1.82, 2.24) is 5.32 Å². The number of methoxy groups -OCH3 is 1. The van der Waals surface area contributed by atoms with Crippen LogP contribution in [0.4, 0.5) is 0 Å². The van der Waals surface area contributed by atoms with E-state index in [0.29, 0.717) is 24.4 Å². The summed E-state index contributed by atoms with van der Waals surface area (Å²) in [5, 5.41) is 12.1. The Kier molecular flexibility index (Phi) is 4.42. The lowest BCUT2D eigenvalue weighted by molar-refractivity contribution is 0.0659. The van der Waals surface area contributed by atoms with Crippen molar-refractivity contribution >= 4 is 5.97 Å². The summed E-state index contributed by atoms with van der Waals surface area (Å²) in [6.07, 6.45) is 0. The van der Waals surface area contributed by atoms with Crippen LogP contribution in [0, 0.1) is 6.92 Å². The van der Waals surface area contributed by atoms with Crippen LogP contribution >= 0.6 is 0 Å². The zero-order valence-corrected chi connectivity index (χ0v) is 11.5. The van der Waals surface area contributed by atoms with E-state index in [9.17, 15) is 4.79 Å². The molecule has 20 heavy (non-hydrogen) atoms. The molecule has 0 spiro atoms. The summed E-state index contributed by atoms with van der Waals surface area (Å²) in [7, 11) is 1.63. The summed E-state index contributed by atoms with van der Waals surface area (Å²) in [5.41, 5.74) is 1.72. The Hall–Kier alpha value is -2.27. The molecule has 2 N–H and O–H groups in total. The third-order valence-corrected chi connectivity index (χ3v) is 2.93. The van der Waals surface area contributed by atoms with Crippen LogP contribution in [0.25, 0.3) is 0 Å². The predicted octanol–water partition coefficient (Wildman–Crippen LogP) is 2.58. The molecule has 0 bridgehead atoms. The average Bonchev–Trinajstić information content (AvgIpc) is 2.80. The van der Waals surface area contributed by atoms with E-state index in [-0.39, 0.29) is 5.76 Å². The summed E-state index contributed by atoms with van der Waals surface area (Å²) in [4.78, 5) is 10.9. The number of nitrogens with one attached hydrogen (secondary N) is 1. The molecular weight excluding hydrogens is 258 g/mol. The van der Waals surface area contributed by atoms with Gasteiger partial charge in [-0.2, -0.15) is 0 Å². The molecule has 2 aromatic rings. The van der Waals surface area contributed by atoms with Gasteiger partial charge in [-0.05, 0) is 30.7 Å². The Morgan fingerprint density at radius 2 is 2.15 bits per heavy atom. The Balaban J connectivity index is 1.92. The lowest BCUT2D eigenvalue weighted by atomic mass is 10.2. The molecule has 0 atom stereocenters. The first kappa shape index (κ1) is 14.1. The molecule has 1 aromatic carbocycles. The largest absolute Gasteiger partial charge is 0.497 e. The van der Waals surface area contributed by atoms with Gasteiger partial charge in [-0.1, -0.05) is 12.1 Å². The number of carboxylic acids is 1. The first-order chi connectivity index (χ1) is 9.60. The molecule has 0 saturated carbocycles. The molecule has 0 amide bonds. The Morgan fingerprint density at radius 3 is 2.80 bits per heavy atom. The molecule has 2 rings (SSSR count). The van der Waals surface area contributed by atoms with Crippen molar-refractivity contribution in [2.75, 3.05) is 7.11 Å². The van der Waals surface area contributed by atoms with Crippen LogP contribution in [0.15, 0.2) is 34.7 Å². The summed E-state index contributed by atoms with van der Waals surface area (Å²) >= 11 is 0. The van der Waals surface area contributed by atoms with Crippen molar-refractivity contribution in [3.63, 3.8) is 0 Å². The quantitative estimate of drug-likeness (QED) is 0.847. The van der Waals surface area contributed by atoms with Gasteiger partial charge in [0.25, 0.3) is 0 Å². The van der Waals surface area contributed by atoms with Gasteiger partial charge in [0.2, 0.25) is 5.76 Å². The molecule has 0 unspecified atom stereocenters. The fourth-order valence-corrected chi connectivity index (χ4v) is 1.96. The number of carbonyl (C=O) groups is 1. The van der Waals surface area contributed by atoms with Crippen molar-refractivity contribution in [2.24, 2.45) is 0 Å². The molecule has 0 aliphatic rings. The van der Waals surface area contributed by atoms with E-state index in [2.05, 4.69) is 5.32 Å². The van der Waals surface area contributed by atoms with Crippen LogP contribution in [0.1, 0.15) is 27.4 Å². The number of furan rings is 1. The van der Waals surface area contributed by atoms with Crippen LogP contribution in [-0.4, -0.2) is 18.2 Å². The van der Waals surface area contributed by atoms with Crippen molar-refractivity contribution in [3.05, 3.63) is 53.0 Å². The number of hydrogen-bond donors (Lipinski definition) is 2. The highest BCUT2D eigenvalue weighted by atomic mass is 16.5. The first-order valence-corrected chi connectivity index (χ1v) is 6.26. The van der Waals surface area contributed by atoms with Crippen LogP contribution < -0.4 is 10.1 Å². The first-order valence-electron chi connectivity index (χ1n) is 6.26.